The number of nitrogens with zero attached hydrogens (tertiary/aromatic N) is 1. The first-order valence-corrected chi connectivity index (χ1v) is 13.4. The van der Waals surface area contributed by atoms with Gasteiger partial charge in [-0.05, 0) is 81.7 Å². The van der Waals surface area contributed by atoms with Gasteiger partial charge < -0.3 is 10.1 Å². The Labute approximate surface area is 197 Å². The highest BCUT2D eigenvalue weighted by molar-refractivity contribution is 7.89. The van der Waals surface area contributed by atoms with Gasteiger partial charge in [0.05, 0.1) is 11.0 Å². The number of para-hydroxylation sites is 1. The van der Waals surface area contributed by atoms with Gasteiger partial charge in [-0.3, -0.25) is 4.79 Å². The molecule has 0 bridgehead atoms. The molecular formula is C26H34N2O4S. The molecule has 0 aromatic heterocycles. The van der Waals surface area contributed by atoms with Gasteiger partial charge in [-0.15, -0.1) is 0 Å². The molecule has 1 amide bonds. The number of benzene rings is 2. The minimum absolute atomic E-state index is 0.0195. The van der Waals surface area contributed by atoms with Crippen molar-refractivity contribution in [1.29, 1.82) is 0 Å². The summed E-state index contributed by atoms with van der Waals surface area (Å²) in [5.41, 5.74) is 3.01. The Balaban J connectivity index is 1.31. The van der Waals surface area contributed by atoms with Gasteiger partial charge in [0.2, 0.25) is 15.9 Å². The highest BCUT2D eigenvalue weighted by atomic mass is 32.2. The van der Waals surface area contributed by atoms with E-state index in [1.165, 1.54) is 17.1 Å². The predicted octanol–water partition coefficient (Wildman–Crippen LogP) is 4.34. The molecule has 178 valence electrons. The fourth-order valence-corrected chi connectivity index (χ4v) is 6.21. The SMILES string of the molecule is Cc1ccc(S(=O)(=O)N2CCC(C(=O)NCc3ccccc3OC3CCCC3)CC2)cc1C. The molecule has 2 fully saturated rings. The zero-order valence-corrected chi connectivity index (χ0v) is 20.4. The van der Waals surface area contributed by atoms with Crippen LogP contribution in [0.15, 0.2) is 47.4 Å². The molecule has 6 nitrogen and oxygen atoms in total. The third kappa shape index (κ3) is 5.58. The van der Waals surface area contributed by atoms with E-state index in [2.05, 4.69) is 5.32 Å². The normalized spacial score (nSPS) is 18.4. The highest BCUT2D eigenvalue weighted by Gasteiger charge is 2.32. The zero-order chi connectivity index (χ0) is 23.4. The molecule has 1 saturated heterocycles. The molecule has 1 N–H and O–H groups in total. The molecule has 0 radical (unpaired) electrons. The molecule has 1 heterocycles. The topological polar surface area (TPSA) is 75.7 Å². The summed E-state index contributed by atoms with van der Waals surface area (Å²) in [7, 11) is -3.54. The first kappa shape index (κ1) is 23.8. The third-order valence-corrected chi connectivity index (χ3v) is 8.86. The summed E-state index contributed by atoms with van der Waals surface area (Å²) < 4.78 is 33.7. The van der Waals surface area contributed by atoms with E-state index in [0.29, 0.717) is 37.4 Å². The van der Waals surface area contributed by atoms with Gasteiger partial charge in [-0.25, -0.2) is 8.42 Å². The van der Waals surface area contributed by atoms with E-state index in [-0.39, 0.29) is 17.9 Å². The molecule has 4 rings (SSSR count). The standard InChI is InChI=1S/C26H34N2O4S/c1-19-11-12-24(17-20(19)2)33(30,31)28-15-13-21(14-16-28)26(29)27-18-22-7-3-6-10-25(22)32-23-8-4-5-9-23/h3,6-7,10-12,17,21,23H,4-5,8-9,13-16,18H2,1-2H3,(H,27,29). The lowest BCUT2D eigenvalue weighted by atomic mass is 9.97. The summed E-state index contributed by atoms with van der Waals surface area (Å²) in [6.07, 6.45) is 5.91. The summed E-state index contributed by atoms with van der Waals surface area (Å²) >= 11 is 0. The van der Waals surface area contributed by atoms with E-state index in [1.807, 2.05) is 44.2 Å². The summed E-state index contributed by atoms with van der Waals surface area (Å²) in [5.74, 6) is 0.645. The number of carbonyl (C=O) groups is 1. The van der Waals surface area contributed by atoms with Crippen molar-refractivity contribution in [2.24, 2.45) is 5.92 Å². The molecule has 0 spiro atoms. The number of piperidine rings is 1. The number of rotatable bonds is 7. The van der Waals surface area contributed by atoms with Gasteiger partial charge in [-0.2, -0.15) is 4.31 Å². The van der Waals surface area contributed by atoms with Crippen LogP contribution in [0.3, 0.4) is 0 Å². The first-order valence-electron chi connectivity index (χ1n) is 11.9. The number of carbonyl (C=O) groups excluding carboxylic acids is 1. The van der Waals surface area contributed by atoms with E-state index in [1.54, 1.807) is 12.1 Å². The molecular weight excluding hydrogens is 436 g/mol. The second kappa shape index (κ2) is 10.3. The summed E-state index contributed by atoms with van der Waals surface area (Å²) in [6, 6.07) is 13.1. The van der Waals surface area contributed by atoms with Crippen LogP contribution in [-0.2, 0) is 21.4 Å². The lowest BCUT2D eigenvalue weighted by molar-refractivity contribution is -0.126. The maximum Gasteiger partial charge on any atom is 0.243 e. The maximum atomic E-state index is 13.0. The Kier molecular flexibility index (Phi) is 7.39. The third-order valence-electron chi connectivity index (χ3n) is 6.96. The van der Waals surface area contributed by atoms with Crippen LogP contribution in [0.5, 0.6) is 5.75 Å². The van der Waals surface area contributed by atoms with Crippen LogP contribution in [0.1, 0.15) is 55.2 Å². The Hall–Kier alpha value is -2.38. The number of amides is 1. The zero-order valence-electron chi connectivity index (χ0n) is 19.5. The molecule has 1 aliphatic carbocycles. The Morgan fingerprint density at radius 2 is 1.70 bits per heavy atom. The monoisotopic (exact) mass is 470 g/mol. The minimum atomic E-state index is -3.54. The second-order valence-corrected chi connectivity index (χ2v) is 11.2. The molecule has 1 aliphatic heterocycles. The van der Waals surface area contributed by atoms with Gasteiger partial charge in [0, 0.05) is 31.1 Å². The van der Waals surface area contributed by atoms with E-state index in [9.17, 15) is 13.2 Å². The molecule has 0 unspecified atom stereocenters. The fraction of sp³-hybridized carbons (Fsp3) is 0.500. The molecule has 0 atom stereocenters. The second-order valence-electron chi connectivity index (χ2n) is 9.27. The number of nitrogens with one attached hydrogen (secondary N) is 1. The lowest BCUT2D eigenvalue weighted by Crippen LogP contribution is -2.42. The fourth-order valence-electron chi connectivity index (χ4n) is 4.66. The average molecular weight is 471 g/mol. The number of hydrogen-bond donors (Lipinski definition) is 1. The van der Waals surface area contributed by atoms with Crippen LogP contribution < -0.4 is 10.1 Å². The summed E-state index contributed by atoms with van der Waals surface area (Å²) in [5, 5.41) is 3.05. The number of sulfonamides is 1. The van der Waals surface area contributed by atoms with Gasteiger partial charge in [-0.1, -0.05) is 24.3 Å². The van der Waals surface area contributed by atoms with E-state index in [4.69, 9.17) is 4.74 Å². The van der Waals surface area contributed by atoms with E-state index >= 15 is 0 Å². The van der Waals surface area contributed by atoms with Crippen LogP contribution in [0.4, 0.5) is 0 Å². The molecule has 2 aromatic rings. The Morgan fingerprint density at radius 3 is 2.39 bits per heavy atom. The van der Waals surface area contributed by atoms with Crippen molar-refractivity contribution in [2.75, 3.05) is 13.1 Å². The highest BCUT2D eigenvalue weighted by Crippen LogP contribution is 2.28. The molecule has 2 aromatic carbocycles. The molecule has 33 heavy (non-hydrogen) atoms. The number of hydrogen-bond acceptors (Lipinski definition) is 4. The van der Waals surface area contributed by atoms with E-state index in [0.717, 1.165) is 35.3 Å². The quantitative estimate of drug-likeness (QED) is 0.653. The van der Waals surface area contributed by atoms with Crippen molar-refractivity contribution >= 4 is 15.9 Å². The average Bonchev–Trinajstić information content (AvgIpc) is 3.33. The molecule has 1 saturated carbocycles. The van der Waals surface area contributed by atoms with Gasteiger partial charge in [0.15, 0.2) is 0 Å². The van der Waals surface area contributed by atoms with Crippen LogP contribution in [0, 0.1) is 19.8 Å². The predicted molar refractivity (Wildman–Crippen MR) is 129 cm³/mol. The largest absolute Gasteiger partial charge is 0.490 e. The Morgan fingerprint density at radius 1 is 1.00 bits per heavy atom. The van der Waals surface area contributed by atoms with Gasteiger partial charge in [0.1, 0.15) is 5.75 Å². The van der Waals surface area contributed by atoms with E-state index < -0.39 is 10.0 Å². The van der Waals surface area contributed by atoms with Crippen LogP contribution in [-0.4, -0.2) is 37.8 Å². The van der Waals surface area contributed by atoms with Gasteiger partial charge >= 0.3 is 0 Å². The van der Waals surface area contributed by atoms with Crippen molar-refractivity contribution < 1.29 is 17.9 Å². The van der Waals surface area contributed by atoms with Crippen molar-refractivity contribution in [3.05, 3.63) is 59.2 Å². The lowest BCUT2D eigenvalue weighted by Gasteiger charge is -2.30. The van der Waals surface area contributed by atoms with Crippen molar-refractivity contribution in [2.45, 2.75) is 69.9 Å². The van der Waals surface area contributed by atoms with Crippen LogP contribution in [0.25, 0.3) is 0 Å². The smallest absolute Gasteiger partial charge is 0.243 e. The maximum absolute atomic E-state index is 13.0. The summed E-state index contributed by atoms with van der Waals surface area (Å²) in [4.78, 5) is 13.1. The van der Waals surface area contributed by atoms with Crippen molar-refractivity contribution in [3.63, 3.8) is 0 Å². The van der Waals surface area contributed by atoms with Gasteiger partial charge in [0.25, 0.3) is 0 Å². The molecule has 7 heteroatoms. The van der Waals surface area contributed by atoms with Crippen LogP contribution in [0.2, 0.25) is 0 Å². The number of aryl methyl sites for hydroxylation is 2. The number of ether oxygens (including phenoxy) is 1. The summed E-state index contributed by atoms with van der Waals surface area (Å²) in [6.45, 7) is 5.02. The minimum Gasteiger partial charge on any atom is -0.490 e. The van der Waals surface area contributed by atoms with Crippen molar-refractivity contribution in [1.82, 2.24) is 9.62 Å². The van der Waals surface area contributed by atoms with Crippen LogP contribution >= 0.6 is 0 Å². The van der Waals surface area contributed by atoms with Crippen molar-refractivity contribution in [3.8, 4) is 5.75 Å². The molecule has 2 aliphatic rings. The first-order chi connectivity index (χ1) is 15.8. The Bertz CT molecular complexity index is 1090.